The number of anilines is 2. The van der Waals surface area contributed by atoms with Crippen molar-refractivity contribution < 1.29 is 13.9 Å². The second kappa shape index (κ2) is 5.54. The number of benzene rings is 1. The first-order chi connectivity index (χ1) is 9.02. The Labute approximate surface area is 118 Å². The topological polar surface area (TPSA) is 51.2 Å². The van der Waals surface area contributed by atoms with E-state index < -0.39 is 11.8 Å². The maximum atomic E-state index is 13.7. The minimum Gasteiger partial charge on any atom is -0.465 e. The summed E-state index contributed by atoms with van der Waals surface area (Å²) in [5.74, 6) is -1.02. The molecule has 1 heterocycles. The maximum Gasteiger partial charge on any atom is 0.350 e. The average Bonchev–Trinajstić information content (AvgIpc) is 2.75. The number of aryl methyl sites for hydroxylation is 1. The summed E-state index contributed by atoms with van der Waals surface area (Å²) in [6.07, 6.45) is 0. The fourth-order valence-electron chi connectivity index (χ4n) is 1.45. The van der Waals surface area contributed by atoms with E-state index in [4.69, 9.17) is 11.6 Å². The van der Waals surface area contributed by atoms with Gasteiger partial charge >= 0.3 is 5.97 Å². The largest absolute Gasteiger partial charge is 0.465 e. The first kappa shape index (κ1) is 13.8. The van der Waals surface area contributed by atoms with Gasteiger partial charge in [-0.2, -0.15) is 0 Å². The van der Waals surface area contributed by atoms with E-state index in [0.29, 0.717) is 15.7 Å². The van der Waals surface area contributed by atoms with Gasteiger partial charge in [0.05, 0.1) is 23.5 Å². The first-order valence-electron chi connectivity index (χ1n) is 5.29. The van der Waals surface area contributed by atoms with E-state index in [-0.39, 0.29) is 10.7 Å². The molecule has 0 saturated heterocycles. The number of thiazole rings is 1. The van der Waals surface area contributed by atoms with Crippen molar-refractivity contribution in [3.8, 4) is 0 Å². The standard InChI is InChI=1S/C12H10ClFN2O2S/c1-6-10(11(17)18-2)19-12(15-6)16-8-5-3-4-7(13)9(8)14/h3-5H,1-2H3,(H,15,16). The predicted octanol–water partition coefficient (Wildman–Crippen LogP) is 3.77. The predicted molar refractivity (Wildman–Crippen MR) is 72.9 cm³/mol. The van der Waals surface area contributed by atoms with Gasteiger partial charge in [0, 0.05) is 0 Å². The van der Waals surface area contributed by atoms with E-state index in [9.17, 15) is 9.18 Å². The molecule has 1 N–H and O–H groups in total. The summed E-state index contributed by atoms with van der Waals surface area (Å²) in [4.78, 5) is 16.0. The number of nitrogens with one attached hydrogen (secondary N) is 1. The van der Waals surface area contributed by atoms with Crippen LogP contribution in [0.1, 0.15) is 15.4 Å². The van der Waals surface area contributed by atoms with Gasteiger partial charge in [-0.25, -0.2) is 14.2 Å². The first-order valence-corrected chi connectivity index (χ1v) is 6.49. The highest BCUT2D eigenvalue weighted by molar-refractivity contribution is 7.17. The number of ether oxygens (including phenoxy) is 1. The monoisotopic (exact) mass is 300 g/mol. The molecule has 0 fully saturated rings. The zero-order valence-electron chi connectivity index (χ0n) is 10.2. The molecule has 19 heavy (non-hydrogen) atoms. The van der Waals surface area contributed by atoms with E-state index in [0.717, 1.165) is 11.3 Å². The van der Waals surface area contributed by atoms with Crippen molar-refractivity contribution in [2.24, 2.45) is 0 Å². The Kier molecular flexibility index (Phi) is 4.01. The molecule has 2 aromatic rings. The zero-order chi connectivity index (χ0) is 14.0. The third kappa shape index (κ3) is 2.85. The van der Waals surface area contributed by atoms with E-state index in [2.05, 4.69) is 15.0 Å². The molecule has 0 spiro atoms. The Hall–Kier alpha value is -1.66. The lowest BCUT2D eigenvalue weighted by molar-refractivity contribution is 0.0605. The number of carbonyl (C=O) groups is 1. The van der Waals surface area contributed by atoms with Gasteiger partial charge in [-0.1, -0.05) is 29.0 Å². The van der Waals surface area contributed by atoms with Gasteiger partial charge in [0.15, 0.2) is 10.9 Å². The summed E-state index contributed by atoms with van der Waals surface area (Å²) in [6.45, 7) is 1.68. The van der Waals surface area contributed by atoms with Crippen molar-refractivity contribution in [3.05, 3.63) is 39.6 Å². The molecule has 0 saturated carbocycles. The van der Waals surface area contributed by atoms with E-state index in [1.807, 2.05) is 0 Å². The van der Waals surface area contributed by atoms with Gasteiger partial charge in [-0.3, -0.25) is 0 Å². The number of methoxy groups -OCH3 is 1. The van der Waals surface area contributed by atoms with Crippen LogP contribution in [0.5, 0.6) is 0 Å². The van der Waals surface area contributed by atoms with Gasteiger partial charge in [0.2, 0.25) is 0 Å². The van der Waals surface area contributed by atoms with Gasteiger partial charge in [0.25, 0.3) is 0 Å². The van der Waals surface area contributed by atoms with Crippen molar-refractivity contribution >= 4 is 39.7 Å². The van der Waals surface area contributed by atoms with Crippen LogP contribution in [0.2, 0.25) is 5.02 Å². The molecule has 4 nitrogen and oxygen atoms in total. The summed E-state index contributed by atoms with van der Waals surface area (Å²) in [5.41, 5.74) is 0.736. The molecule has 7 heteroatoms. The molecule has 100 valence electrons. The van der Waals surface area contributed by atoms with Gasteiger partial charge in [-0.05, 0) is 19.1 Å². The molecular formula is C12H10ClFN2O2S. The second-order valence-corrected chi connectivity index (χ2v) is 5.06. The minimum absolute atomic E-state index is 0.0199. The molecule has 0 unspecified atom stereocenters. The van der Waals surface area contributed by atoms with Crippen LogP contribution in [-0.2, 0) is 4.74 Å². The smallest absolute Gasteiger partial charge is 0.350 e. The van der Waals surface area contributed by atoms with E-state index in [1.54, 1.807) is 13.0 Å². The van der Waals surface area contributed by atoms with Crippen LogP contribution in [0.15, 0.2) is 18.2 Å². The molecule has 0 radical (unpaired) electrons. The molecule has 2 rings (SSSR count). The number of rotatable bonds is 3. The number of esters is 1. The number of nitrogens with zero attached hydrogens (tertiary/aromatic N) is 1. The lowest BCUT2D eigenvalue weighted by atomic mass is 10.3. The lowest BCUT2D eigenvalue weighted by Gasteiger charge is -2.04. The Morgan fingerprint density at radius 3 is 2.95 bits per heavy atom. The Morgan fingerprint density at radius 1 is 1.53 bits per heavy atom. The molecule has 0 bridgehead atoms. The highest BCUT2D eigenvalue weighted by atomic mass is 35.5. The van der Waals surface area contributed by atoms with Crippen LogP contribution >= 0.6 is 22.9 Å². The number of hydrogen-bond acceptors (Lipinski definition) is 5. The normalized spacial score (nSPS) is 10.3. The highest BCUT2D eigenvalue weighted by Gasteiger charge is 2.16. The third-order valence-electron chi connectivity index (χ3n) is 2.36. The van der Waals surface area contributed by atoms with Crippen LogP contribution in [0.3, 0.4) is 0 Å². The molecule has 0 aliphatic carbocycles. The number of hydrogen-bond donors (Lipinski definition) is 1. The van der Waals surface area contributed by atoms with Crippen LogP contribution < -0.4 is 5.32 Å². The molecule has 0 aliphatic heterocycles. The Morgan fingerprint density at radius 2 is 2.26 bits per heavy atom. The average molecular weight is 301 g/mol. The maximum absolute atomic E-state index is 13.7. The van der Waals surface area contributed by atoms with Crippen LogP contribution in [0.4, 0.5) is 15.2 Å². The fourth-order valence-corrected chi connectivity index (χ4v) is 2.52. The van der Waals surface area contributed by atoms with Crippen LogP contribution in [-0.4, -0.2) is 18.1 Å². The molecular weight excluding hydrogens is 291 g/mol. The summed E-state index contributed by atoms with van der Waals surface area (Å²) in [6, 6.07) is 4.61. The van der Waals surface area contributed by atoms with Crippen molar-refractivity contribution in [1.29, 1.82) is 0 Å². The second-order valence-electron chi connectivity index (χ2n) is 3.65. The van der Waals surface area contributed by atoms with E-state index in [1.165, 1.54) is 19.2 Å². The summed E-state index contributed by atoms with van der Waals surface area (Å²) in [7, 11) is 1.30. The van der Waals surface area contributed by atoms with Crippen molar-refractivity contribution in [2.75, 3.05) is 12.4 Å². The number of aromatic nitrogens is 1. The zero-order valence-corrected chi connectivity index (χ0v) is 11.7. The highest BCUT2D eigenvalue weighted by Crippen LogP contribution is 2.29. The Bertz CT molecular complexity index is 630. The Balaban J connectivity index is 2.29. The third-order valence-corrected chi connectivity index (χ3v) is 3.71. The summed E-state index contributed by atoms with van der Waals surface area (Å²) < 4.78 is 18.3. The molecule has 1 aromatic carbocycles. The van der Waals surface area contributed by atoms with Crippen molar-refractivity contribution in [3.63, 3.8) is 0 Å². The number of carbonyl (C=O) groups excluding carboxylic acids is 1. The van der Waals surface area contributed by atoms with Gasteiger partial charge < -0.3 is 10.1 Å². The molecule has 0 aliphatic rings. The quantitative estimate of drug-likeness (QED) is 0.877. The van der Waals surface area contributed by atoms with Gasteiger partial charge in [-0.15, -0.1) is 0 Å². The van der Waals surface area contributed by atoms with Crippen molar-refractivity contribution in [2.45, 2.75) is 6.92 Å². The van der Waals surface area contributed by atoms with Crippen molar-refractivity contribution in [1.82, 2.24) is 4.98 Å². The van der Waals surface area contributed by atoms with Crippen LogP contribution in [0, 0.1) is 12.7 Å². The minimum atomic E-state index is -0.559. The summed E-state index contributed by atoms with van der Waals surface area (Å²) in [5, 5.41) is 3.22. The SMILES string of the molecule is COC(=O)c1sc(Nc2cccc(Cl)c2F)nc1C. The van der Waals surface area contributed by atoms with Crippen LogP contribution in [0.25, 0.3) is 0 Å². The summed E-state index contributed by atoms with van der Waals surface area (Å²) >= 11 is 6.78. The van der Waals surface area contributed by atoms with E-state index >= 15 is 0 Å². The number of halogens is 2. The lowest BCUT2D eigenvalue weighted by Crippen LogP contribution is -1.99. The molecule has 1 aromatic heterocycles. The molecule has 0 amide bonds. The fraction of sp³-hybridized carbons (Fsp3) is 0.167. The molecule has 0 atom stereocenters. The van der Waals surface area contributed by atoms with Gasteiger partial charge in [0.1, 0.15) is 4.88 Å².